The van der Waals surface area contributed by atoms with Crippen LogP contribution in [0.5, 0.6) is 0 Å². The lowest BCUT2D eigenvalue weighted by Crippen LogP contribution is -2.74. The van der Waals surface area contributed by atoms with Crippen LogP contribution in [0.15, 0.2) is 219 Å². The molecule has 0 atom stereocenters. The Labute approximate surface area is 374 Å². The Bertz CT molecular complexity index is 3510. The molecule has 8 aromatic carbocycles. The maximum atomic E-state index is 5.20. The Morgan fingerprint density at radius 2 is 1.12 bits per heavy atom. The maximum absolute atomic E-state index is 5.20. The van der Waals surface area contributed by atoms with Crippen LogP contribution in [-0.4, -0.2) is 27.2 Å². The summed E-state index contributed by atoms with van der Waals surface area (Å²) in [5.41, 5.74) is 12.2. The van der Waals surface area contributed by atoms with E-state index in [1.807, 2.05) is 6.20 Å². The van der Waals surface area contributed by atoms with Gasteiger partial charge in [0.05, 0.1) is 27.9 Å². The SMILES string of the molecule is Cn1c(-c2cccc([Si](c3ccccc3)(c3ccccc3)c3cccc(-n4c5ccc6c(c5c5cccnc54)C(C)(C)c4ccccc4N6c4ccccc4)c3)c2)nc2ccccc21. The molecule has 0 aliphatic carbocycles. The Hall–Kier alpha value is -7.80. The number of aryl methyl sites for hydroxylation is 1. The number of para-hydroxylation sites is 4. The van der Waals surface area contributed by atoms with Gasteiger partial charge in [-0.25, -0.2) is 9.97 Å². The van der Waals surface area contributed by atoms with Gasteiger partial charge in [0, 0.05) is 46.4 Å². The van der Waals surface area contributed by atoms with E-state index in [2.05, 4.69) is 247 Å². The van der Waals surface area contributed by atoms with Crippen LogP contribution in [0.4, 0.5) is 17.1 Å². The highest BCUT2D eigenvalue weighted by atomic mass is 28.3. The number of hydrogen-bond acceptors (Lipinski definition) is 3. The molecular weight excluding hydrogens is 795 g/mol. The number of pyridine rings is 1. The first-order valence-corrected chi connectivity index (χ1v) is 24.1. The van der Waals surface area contributed by atoms with E-state index in [0.29, 0.717) is 0 Å². The van der Waals surface area contributed by atoms with Gasteiger partial charge in [-0.15, -0.1) is 0 Å². The number of anilines is 3. The second-order valence-electron chi connectivity index (χ2n) is 17.5. The molecule has 0 saturated carbocycles. The summed E-state index contributed by atoms with van der Waals surface area (Å²) < 4.78 is 4.62. The minimum absolute atomic E-state index is 0.305. The molecule has 3 aromatic heterocycles. The van der Waals surface area contributed by atoms with Crippen LogP contribution in [0, 0.1) is 0 Å². The van der Waals surface area contributed by atoms with E-state index < -0.39 is 8.07 Å². The summed E-state index contributed by atoms with van der Waals surface area (Å²) >= 11 is 0. The van der Waals surface area contributed by atoms with E-state index in [1.165, 1.54) is 48.6 Å². The number of aromatic nitrogens is 4. The monoisotopic (exact) mass is 839 g/mol. The number of rotatable bonds is 7. The Morgan fingerprint density at radius 3 is 1.88 bits per heavy atom. The van der Waals surface area contributed by atoms with Gasteiger partial charge >= 0.3 is 0 Å². The lowest BCUT2D eigenvalue weighted by molar-refractivity contribution is 0.638. The van der Waals surface area contributed by atoms with E-state index in [1.54, 1.807) is 0 Å². The molecular formula is C58H45N5Si. The first-order valence-electron chi connectivity index (χ1n) is 22.1. The molecule has 64 heavy (non-hydrogen) atoms. The predicted octanol–water partition coefficient (Wildman–Crippen LogP) is 11.2. The summed E-state index contributed by atoms with van der Waals surface area (Å²) in [6, 6.07) is 77.9. The summed E-state index contributed by atoms with van der Waals surface area (Å²) in [4.78, 5) is 12.8. The van der Waals surface area contributed by atoms with E-state index in [9.17, 15) is 0 Å². The minimum Gasteiger partial charge on any atom is -0.327 e. The molecule has 0 unspecified atom stereocenters. The number of fused-ring (bicyclic) bond motifs is 7. The molecule has 4 heterocycles. The quantitative estimate of drug-likeness (QED) is 0.119. The fourth-order valence-electron chi connectivity index (χ4n) is 10.9. The molecule has 12 rings (SSSR count). The fourth-order valence-corrected chi connectivity index (χ4v) is 15.7. The van der Waals surface area contributed by atoms with Gasteiger partial charge < -0.3 is 9.47 Å². The molecule has 0 fully saturated rings. The van der Waals surface area contributed by atoms with Gasteiger partial charge in [0.2, 0.25) is 0 Å². The zero-order valence-electron chi connectivity index (χ0n) is 36.0. The maximum Gasteiger partial charge on any atom is 0.179 e. The molecule has 0 saturated heterocycles. The lowest BCUT2D eigenvalue weighted by atomic mass is 9.72. The average Bonchev–Trinajstić information content (AvgIpc) is 3.87. The van der Waals surface area contributed by atoms with Crippen LogP contribution in [-0.2, 0) is 12.5 Å². The van der Waals surface area contributed by atoms with Crippen molar-refractivity contribution in [1.29, 1.82) is 0 Å². The van der Waals surface area contributed by atoms with Gasteiger partial charge in [-0.05, 0) is 98.6 Å². The summed E-state index contributed by atoms with van der Waals surface area (Å²) in [6.07, 6.45) is 1.93. The van der Waals surface area contributed by atoms with E-state index in [0.717, 1.165) is 50.3 Å². The topological polar surface area (TPSA) is 38.9 Å². The van der Waals surface area contributed by atoms with Crippen LogP contribution in [0.3, 0.4) is 0 Å². The molecule has 1 aliphatic rings. The van der Waals surface area contributed by atoms with Gasteiger partial charge in [-0.2, -0.15) is 0 Å². The molecule has 1 aliphatic heterocycles. The third-order valence-corrected chi connectivity index (χ3v) is 18.4. The van der Waals surface area contributed by atoms with Crippen molar-refractivity contribution in [3.63, 3.8) is 0 Å². The largest absolute Gasteiger partial charge is 0.327 e. The molecule has 0 N–H and O–H groups in total. The standard InChI is InChI=1S/C58H45N5Si/c1-58(2)48-31-13-15-33-50(48)62(41-21-7-4-8-22-41)53-36-35-52-54(55(53)58)47-30-19-37-59-57(47)63(52)42-23-18-29-46(39-42)64(43-24-9-5-10-25-43,44-26-11-6-12-27-44)45-28-17-20-40(38-45)56-60-49-32-14-16-34-51(49)61(56)3/h4-39H,1-3H3. The number of imidazole rings is 1. The van der Waals surface area contributed by atoms with Gasteiger partial charge in [0.15, 0.2) is 8.07 Å². The number of hydrogen-bond donors (Lipinski definition) is 0. The highest BCUT2D eigenvalue weighted by Gasteiger charge is 2.43. The van der Waals surface area contributed by atoms with Crippen LogP contribution in [0.2, 0.25) is 0 Å². The van der Waals surface area contributed by atoms with Crippen molar-refractivity contribution in [1.82, 2.24) is 19.1 Å². The van der Waals surface area contributed by atoms with Crippen molar-refractivity contribution < 1.29 is 0 Å². The first kappa shape index (κ1) is 37.9. The second-order valence-corrected chi connectivity index (χ2v) is 21.3. The highest BCUT2D eigenvalue weighted by molar-refractivity contribution is 7.20. The van der Waals surface area contributed by atoms with E-state index >= 15 is 0 Å². The number of nitrogens with zero attached hydrogens (tertiary/aromatic N) is 5. The normalized spacial score (nSPS) is 13.3. The third-order valence-electron chi connectivity index (χ3n) is 13.7. The Kier molecular flexibility index (Phi) is 8.68. The van der Waals surface area contributed by atoms with Crippen LogP contribution in [0.1, 0.15) is 25.0 Å². The molecule has 5 nitrogen and oxygen atoms in total. The zero-order chi connectivity index (χ0) is 43.0. The summed E-state index contributed by atoms with van der Waals surface area (Å²) in [5, 5.41) is 7.59. The predicted molar refractivity (Wildman–Crippen MR) is 269 cm³/mol. The molecule has 6 heteroatoms. The highest BCUT2D eigenvalue weighted by Crippen LogP contribution is 2.55. The van der Waals surface area contributed by atoms with Gasteiger partial charge in [-0.3, -0.25) is 4.57 Å². The van der Waals surface area contributed by atoms with Crippen LogP contribution >= 0.6 is 0 Å². The minimum atomic E-state index is -3.01. The van der Waals surface area contributed by atoms with Crippen molar-refractivity contribution in [3.05, 3.63) is 230 Å². The van der Waals surface area contributed by atoms with Gasteiger partial charge in [0.25, 0.3) is 0 Å². The van der Waals surface area contributed by atoms with Gasteiger partial charge in [-0.1, -0.05) is 159 Å². The van der Waals surface area contributed by atoms with Crippen LogP contribution < -0.4 is 25.6 Å². The molecule has 0 amide bonds. The summed E-state index contributed by atoms with van der Waals surface area (Å²) in [5.74, 6) is 0.955. The molecule has 0 bridgehead atoms. The van der Waals surface area contributed by atoms with Gasteiger partial charge in [0.1, 0.15) is 11.5 Å². The van der Waals surface area contributed by atoms with E-state index in [-0.39, 0.29) is 5.41 Å². The second kappa shape index (κ2) is 14.7. The van der Waals surface area contributed by atoms with Crippen molar-refractivity contribution >= 4 is 78.9 Å². The Balaban J connectivity index is 1.13. The first-order chi connectivity index (χ1) is 31.4. The molecule has 0 radical (unpaired) electrons. The van der Waals surface area contributed by atoms with Crippen molar-refractivity contribution in [2.75, 3.05) is 4.90 Å². The Morgan fingerprint density at radius 1 is 0.500 bits per heavy atom. The zero-order valence-corrected chi connectivity index (χ0v) is 37.0. The van der Waals surface area contributed by atoms with Crippen molar-refractivity contribution in [3.8, 4) is 17.1 Å². The third kappa shape index (κ3) is 5.55. The van der Waals surface area contributed by atoms with Crippen LogP contribution in [0.25, 0.3) is 50.0 Å². The molecule has 11 aromatic rings. The summed E-state index contributed by atoms with van der Waals surface area (Å²) in [6.45, 7) is 4.77. The van der Waals surface area contributed by atoms with E-state index in [4.69, 9.17) is 9.97 Å². The fraction of sp³-hybridized carbons (Fsp3) is 0.0690. The number of benzene rings is 8. The molecule has 306 valence electrons. The van der Waals surface area contributed by atoms with Crippen molar-refractivity contribution in [2.45, 2.75) is 19.3 Å². The average molecular weight is 840 g/mol. The summed E-state index contributed by atoms with van der Waals surface area (Å²) in [7, 11) is -0.889. The lowest BCUT2D eigenvalue weighted by Gasteiger charge is -2.42. The smallest absolute Gasteiger partial charge is 0.179 e. The molecule has 0 spiro atoms. The van der Waals surface area contributed by atoms with Crippen molar-refractivity contribution in [2.24, 2.45) is 7.05 Å².